The molecule has 0 radical (unpaired) electrons. The molecule has 0 saturated carbocycles. The summed E-state index contributed by atoms with van der Waals surface area (Å²) in [5.74, 6) is 0.829. The van der Waals surface area contributed by atoms with E-state index in [4.69, 9.17) is 0 Å². The van der Waals surface area contributed by atoms with Gasteiger partial charge in [-0.3, -0.25) is 0 Å². The Bertz CT molecular complexity index is 7870. The van der Waals surface area contributed by atoms with Gasteiger partial charge in [0.05, 0.1) is 0 Å². The third-order valence-electron chi connectivity index (χ3n) is 30.6. The largest absolute Gasteiger partial charge is 0.113 e. The van der Waals surface area contributed by atoms with E-state index in [-0.39, 0.29) is 0 Å². The van der Waals surface area contributed by atoms with Crippen molar-refractivity contribution in [3.63, 3.8) is 0 Å². The van der Waals surface area contributed by atoms with E-state index in [1.807, 2.05) is 0 Å². The average Bonchev–Trinajstić information content (AvgIpc) is 1.70. The van der Waals surface area contributed by atoms with Crippen molar-refractivity contribution in [2.24, 2.45) is 0 Å². The van der Waals surface area contributed by atoms with Gasteiger partial charge in [0, 0.05) is 11.8 Å². The van der Waals surface area contributed by atoms with E-state index >= 15 is 0 Å². The molecule has 0 unspecified atom stereocenters. The molecule has 0 saturated heterocycles. The molecule has 24 rings (SSSR count). The molecule has 1 heteroatoms. The third-order valence-corrected chi connectivity index (χ3v) is 34.2. The Labute approximate surface area is 768 Å². The van der Waals surface area contributed by atoms with Crippen LogP contribution in [0.2, 0.25) is 13.1 Å². The van der Waals surface area contributed by atoms with Gasteiger partial charge in [0.1, 0.15) is 8.07 Å². The van der Waals surface area contributed by atoms with Crippen LogP contribution >= 0.6 is 0 Å². The average molecular weight is 1690 g/mol. The quantitative estimate of drug-likeness (QED) is 0.105. The highest BCUT2D eigenvalue weighted by Crippen LogP contribution is 2.56. The Morgan fingerprint density at radius 2 is 0.419 bits per heavy atom. The SMILES string of the molecule is Cc1cc2c(c(C)c1C)c(C)c(C)c1ccccc12.Cc1ccc2c(c1)-c1ccccc1[Si]2(C)C.Cc1ccc2c(c1)C1c3ccccc3C2c2ccccc21.Cc1ccc2c(c1)c(C)c(C)c1c(C)c(C)c(C)cc12.Cc1ccc2c(c1)c(C)c(C)c1cc(C)ccc12.Cc1ccc2c(c1)c(C)c(C)c1ccccc12.Cc1ccc2c(c1C)c(C)c(C)c1ccccc12. The fourth-order valence-corrected chi connectivity index (χ4v) is 25.2. The zero-order chi connectivity index (χ0) is 91.4. The van der Waals surface area contributed by atoms with E-state index < -0.39 is 8.07 Å². The second kappa shape index (κ2) is 35.0. The summed E-state index contributed by atoms with van der Waals surface area (Å²) in [4.78, 5) is 0. The van der Waals surface area contributed by atoms with E-state index in [9.17, 15) is 0 Å². The topological polar surface area (TPSA) is 0 Å². The molecule has 129 heavy (non-hydrogen) atoms. The Morgan fingerprint density at radius 3 is 0.845 bits per heavy atom. The van der Waals surface area contributed by atoms with Crippen molar-refractivity contribution in [1.29, 1.82) is 0 Å². The standard InChI is InChI=1S/C21H16.C20H22.C19H20.2C18H18.C17H16.C15H16Si/c1-13-10-11-18-19(12-13)21-16-8-4-2-6-14(16)20(18)15-7-3-5-9-17(15)21;1-11-7-8-17-18(9-11)14(4)16(6)20-15(5)13(3)12(2)10-19(17)20;1-11-10-18-17-9-7-6-8-16(17)13(3)15(5)19(18)14(4)12(11)2;1-11-5-7-15-16-8-6-12(2)10-18(16)14(4)13(3)17(15)9-11;1-11-9-10-17-16-8-6-5-7-15(16)13(3)14(4)18(17)12(11)2;1-11-8-9-16-15-7-5-4-6-14(15)12(2)13(3)17(16)10-11;1-11-8-9-15-13(10-11)12-6-4-5-7-14(12)16(15,2)3/h2-12,20-21H,1H3;7-10H,1-6H3;6-10H,1-5H3;2*5-10H,1-4H3;4-10H,1-3H3;4-10H,1-3H3. The third kappa shape index (κ3) is 15.5. The molecule has 0 atom stereocenters. The van der Waals surface area contributed by atoms with Crippen LogP contribution in [-0.2, 0) is 0 Å². The Morgan fingerprint density at radius 1 is 0.155 bits per heavy atom. The minimum absolute atomic E-state index is 0.414. The first-order valence-corrected chi connectivity index (χ1v) is 49.7. The van der Waals surface area contributed by atoms with Crippen LogP contribution in [0.25, 0.3) is 119 Å². The van der Waals surface area contributed by atoms with Crippen molar-refractivity contribution in [2.75, 3.05) is 0 Å². The van der Waals surface area contributed by atoms with Crippen LogP contribution in [0.5, 0.6) is 0 Å². The lowest BCUT2D eigenvalue weighted by Crippen LogP contribution is -2.49. The van der Waals surface area contributed by atoms with E-state index in [0.29, 0.717) is 11.8 Å². The molecule has 0 aromatic heterocycles. The van der Waals surface area contributed by atoms with Crippen molar-refractivity contribution < 1.29 is 0 Å². The van der Waals surface area contributed by atoms with Gasteiger partial charge in [0.2, 0.25) is 0 Å². The number of fused-ring (bicyclic) bond motifs is 18. The molecule has 20 aromatic rings. The molecule has 1 aliphatic heterocycles. The summed E-state index contributed by atoms with van der Waals surface area (Å²) in [6.07, 6.45) is 0. The van der Waals surface area contributed by atoms with Crippen molar-refractivity contribution in [3.8, 4) is 11.1 Å². The van der Waals surface area contributed by atoms with Gasteiger partial charge in [-0.05, 0) is 429 Å². The first-order chi connectivity index (χ1) is 61.7. The molecule has 3 aliphatic carbocycles. The predicted octanol–water partition coefficient (Wildman–Crippen LogP) is 34.5. The van der Waals surface area contributed by atoms with Gasteiger partial charge in [0.15, 0.2) is 0 Å². The lowest BCUT2D eigenvalue weighted by atomic mass is 9.61. The maximum Gasteiger partial charge on any atom is 0.113 e. The summed E-state index contributed by atoms with van der Waals surface area (Å²) in [6.45, 7) is 58.2. The molecule has 642 valence electrons. The van der Waals surface area contributed by atoms with Crippen molar-refractivity contribution >= 4 is 126 Å². The monoisotopic (exact) mass is 1690 g/mol. The molecule has 0 N–H and O–H groups in total. The van der Waals surface area contributed by atoms with E-state index in [1.165, 1.54) is 286 Å². The highest BCUT2D eigenvalue weighted by atomic mass is 28.3. The normalized spacial score (nSPS) is 13.4. The van der Waals surface area contributed by atoms with Crippen LogP contribution < -0.4 is 10.4 Å². The molecule has 0 spiro atoms. The lowest BCUT2D eigenvalue weighted by molar-refractivity contribution is 0.753. The zero-order valence-electron chi connectivity index (χ0n) is 81.2. The van der Waals surface area contributed by atoms with Crippen LogP contribution in [-0.4, -0.2) is 8.07 Å². The molecule has 20 aromatic carbocycles. The van der Waals surface area contributed by atoms with Crippen molar-refractivity contribution in [2.45, 2.75) is 191 Å². The molecule has 2 bridgehead atoms. The molecule has 0 fully saturated rings. The second-order valence-corrected chi connectivity index (χ2v) is 43.0. The van der Waals surface area contributed by atoms with Gasteiger partial charge in [-0.25, -0.2) is 0 Å². The molecule has 0 amide bonds. The van der Waals surface area contributed by atoms with E-state index in [1.54, 1.807) is 10.4 Å². The minimum atomic E-state index is -1.40. The van der Waals surface area contributed by atoms with Crippen LogP contribution in [0.1, 0.15) is 179 Å². The maximum atomic E-state index is 2.45. The van der Waals surface area contributed by atoms with Crippen LogP contribution in [0.4, 0.5) is 0 Å². The number of aryl methyl sites for hydroxylation is 22. The predicted molar refractivity (Wildman–Crippen MR) is 571 cm³/mol. The smallest absolute Gasteiger partial charge is 0.0623 e. The van der Waals surface area contributed by atoms with Gasteiger partial charge in [-0.15, -0.1) is 0 Å². The fraction of sp³-hybridized carbons (Fsp3) is 0.219. The van der Waals surface area contributed by atoms with Gasteiger partial charge in [-0.1, -0.05) is 326 Å². The first kappa shape index (κ1) is 88.3. The summed E-state index contributed by atoms with van der Waals surface area (Å²) in [5, 5.41) is 31.1. The highest BCUT2D eigenvalue weighted by molar-refractivity contribution is 7.03. The summed E-state index contributed by atoms with van der Waals surface area (Å²) < 4.78 is 0. The van der Waals surface area contributed by atoms with Crippen LogP contribution in [0.3, 0.4) is 0 Å². The Hall–Kier alpha value is -12.8. The Balaban J connectivity index is 0.000000106. The molecule has 1 heterocycles. The molecule has 0 nitrogen and oxygen atoms in total. The first-order valence-electron chi connectivity index (χ1n) is 46.7. The van der Waals surface area contributed by atoms with Gasteiger partial charge >= 0.3 is 0 Å². The fourth-order valence-electron chi connectivity index (χ4n) is 22.1. The number of rotatable bonds is 0. The summed E-state index contributed by atoms with van der Waals surface area (Å²) in [6, 6.07) is 103. The van der Waals surface area contributed by atoms with Gasteiger partial charge in [-0.2, -0.15) is 0 Å². The minimum Gasteiger partial charge on any atom is -0.0623 e. The molecule has 4 aliphatic rings. The summed E-state index contributed by atoms with van der Waals surface area (Å²) >= 11 is 0. The van der Waals surface area contributed by atoms with Crippen molar-refractivity contribution in [1.82, 2.24) is 0 Å². The molecular formula is C128H126Si. The zero-order valence-corrected chi connectivity index (χ0v) is 82.2. The van der Waals surface area contributed by atoms with Crippen molar-refractivity contribution in [3.05, 3.63) is 446 Å². The number of hydrogen-bond donors (Lipinski definition) is 0. The highest BCUT2D eigenvalue weighted by Gasteiger charge is 2.41. The molecular weight excluding hydrogens is 1570 g/mol. The van der Waals surface area contributed by atoms with E-state index in [0.717, 1.165) is 0 Å². The Kier molecular flexibility index (Phi) is 23.9. The lowest BCUT2D eigenvalue weighted by Gasteiger charge is -2.42. The van der Waals surface area contributed by atoms with Crippen LogP contribution in [0, 0.1) is 166 Å². The van der Waals surface area contributed by atoms with E-state index in [2.05, 4.69) is 458 Å². The summed E-state index contributed by atoms with van der Waals surface area (Å²) in [7, 11) is -1.40. The second-order valence-electron chi connectivity index (χ2n) is 38.7. The maximum absolute atomic E-state index is 2.45. The summed E-state index contributed by atoms with van der Waals surface area (Å²) in [5.41, 5.74) is 45.4. The number of hydrogen-bond acceptors (Lipinski definition) is 0. The van der Waals surface area contributed by atoms with Crippen LogP contribution in [0.15, 0.2) is 279 Å². The number of benzene rings is 20. The van der Waals surface area contributed by atoms with Gasteiger partial charge in [0.25, 0.3) is 0 Å². The van der Waals surface area contributed by atoms with Gasteiger partial charge < -0.3 is 0 Å².